The van der Waals surface area contributed by atoms with Crippen molar-refractivity contribution < 1.29 is 18.4 Å². The minimum Gasteiger partial charge on any atom is -0.495 e. The molecule has 0 radical (unpaired) electrons. The van der Waals surface area contributed by atoms with Crippen LogP contribution < -0.4 is 4.74 Å². The minimum atomic E-state index is -0.649. The lowest BCUT2D eigenvalue weighted by Crippen LogP contribution is -2.53. The Morgan fingerprint density at radius 3 is 2.70 bits per heavy atom. The summed E-state index contributed by atoms with van der Waals surface area (Å²) in [5.74, 6) is 0.0560. The molecular formula is C24H23F2N5O2. The highest BCUT2D eigenvalue weighted by Crippen LogP contribution is 2.29. The lowest BCUT2D eigenvalue weighted by molar-refractivity contribution is 0.0793. The first-order valence-corrected chi connectivity index (χ1v) is 10.7. The maximum absolute atomic E-state index is 13.6. The first-order valence-electron chi connectivity index (χ1n) is 10.7. The molecule has 1 saturated heterocycles. The van der Waals surface area contributed by atoms with Crippen molar-refractivity contribution in [1.82, 2.24) is 14.5 Å². The number of aryl methyl sites for hydroxylation is 1. The second kappa shape index (κ2) is 8.65. The van der Waals surface area contributed by atoms with Gasteiger partial charge in [-0.3, -0.25) is 4.99 Å². The van der Waals surface area contributed by atoms with E-state index in [9.17, 15) is 8.78 Å². The van der Waals surface area contributed by atoms with E-state index in [0.717, 1.165) is 48.1 Å². The molecule has 1 fully saturated rings. The van der Waals surface area contributed by atoms with E-state index in [0.29, 0.717) is 18.2 Å². The number of rotatable bonds is 4. The third-order valence-corrected chi connectivity index (χ3v) is 5.80. The molecule has 0 aliphatic carbocycles. The van der Waals surface area contributed by atoms with Crippen molar-refractivity contribution >= 4 is 17.2 Å². The summed E-state index contributed by atoms with van der Waals surface area (Å²) in [6, 6.07) is 8.97. The van der Waals surface area contributed by atoms with Crippen LogP contribution in [0, 0.1) is 18.6 Å². The minimum absolute atomic E-state index is 0.167. The van der Waals surface area contributed by atoms with Crippen molar-refractivity contribution in [2.75, 3.05) is 20.3 Å². The molecule has 5 rings (SSSR count). The van der Waals surface area contributed by atoms with Crippen LogP contribution in [-0.2, 0) is 4.84 Å². The Morgan fingerprint density at radius 1 is 1.15 bits per heavy atom. The number of oxime groups is 1. The van der Waals surface area contributed by atoms with Crippen LogP contribution in [0.3, 0.4) is 0 Å². The summed E-state index contributed by atoms with van der Waals surface area (Å²) in [5.41, 5.74) is 3.69. The number of amidine groups is 1. The Balaban J connectivity index is 1.47. The van der Waals surface area contributed by atoms with Gasteiger partial charge in [-0.25, -0.2) is 13.8 Å². The molecule has 33 heavy (non-hydrogen) atoms. The largest absolute Gasteiger partial charge is 0.495 e. The van der Waals surface area contributed by atoms with E-state index in [4.69, 9.17) is 9.57 Å². The summed E-state index contributed by atoms with van der Waals surface area (Å²) >= 11 is 0. The lowest BCUT2D eigenvalue weighted by Gasteiger charge is -2.40. The first kappa shape index (κ1) is 21.1. The van der Waals surface area contributed by atoms with E-state index in [1.165, 1.54) is 12.1 Å². The van der Waals surface area contributed by atoms with Gasteiger partial charge in [-0.15, -0.1) is 0 Å². The molecule has 9 heteroatoms. The molecular weight excluding hydrogens is 428 g/mol. The summed E-state index contributed by atoms with van der Waals surface area (Å²) in [4.78, 5) is 16.6. The zero-order chi connectivity index (χ0) is 22.9. The Hall–Kier alpha value is -3.75. The van der Waals surface area contributed by atoms with Crippen LogP contribution >= 0.6 is 0 Å². The number of hydrogen-bond acceptors (Lipinski definition) is 6. The number of imidazole rings is 1. The highest BCUT2D eigenvalue weighted by molar-refractivity contribution is 6.04. The molecule has 0 amide bonds. The fraction of sp³-hybridized carbons (Fsp3) is 0.292. The summed E-state index contributed by atoms with van der Waals surface area (Å²) in [6.07, 6.45) is 5.23. The zero-order valence-corrected chi connectivity index (χ0v) is 18.3. The fourth-order valence-corrected chi connectivity index (χ4v) is 4.30. The number of halogens is 2. The average Bonchev–Trinajstić information content (AvgIpc) is 3.24. The van der Waals surface area contributed by atoms with E-state index in [-0.39, 0.29) is 11.7 Å². The molecule has 0 spiro atoms. The van der Waals surface area contributed by atoms with Gasteiger partial charge in [-0.2, -0.15) is 0 Å². The highest BCUT2D eigenvalue weighted by atomic mass is 19.1. The summed E-state index contributed by atoms with van der Waals surface area (Å²) in [7, 11) is 1.62. The van der Waals surface area contributed by atoms with Gasteiger partial charge >= 0.3 is 0 Å². The molecule has 1 aromatic heterocycles. The molecule has 0 N–H and O–H groups in total. The number of aromatic nitrogens is 2. The van der Waals surface area contributed by atoms with Gasteiger partial charge in [0.05, 0.1) is 30.5 Å². The number of nitrogens with zero attached hydrogens (tertiary/aromatic N) is 5. The normalized spacial score (nSPS) is 19.2. The van der Waals surface area contributed by atoms with Crippen molar-refractivity contribution in [3.8, 4) is 11.4 Å². The molecule has 2 aliphatic heterocycles. The van der Waals surface area contributed by atoms with E-state index in [1.54, 1.807) is 13.4 Å². The second-order valence-corrected chi connectivity index (χ2v) is 8.06. The Morgan fingerprint density at radius 2 is 1.97 bits per heavy atom. The van der Waals surface area contributed by atoms with Crippen LogP contribution in [0.15, 0.2) is 59.1 Å². The number of methoxy groups -OCH3 is 1. The molecule has 7 nitrogen and oxygen atoms in total. The standard InChI is InChI=1S/C24H23F2N5O2/c1-15-12-30(14-27-15)21-6-5-16(8-23(21)32-2)24-29-33-13-22-20(4-3-7-31(22)24)28-19-10-17(25)9-18(26)11-19/h5-6,8-12,14,22H,3-4,7,13H2,1-2H3. The Kier molecular flexibility index (Phi) is 5.53. The average molecular weight is 451 g/mol. The monoisotopic (exact) mass is 451 g/mol. The van der Waals surface area contributed by atoms with Gasteiger partial charge in [-0.05, 0) is 50.1 Å². The summed E-state index contributed by atoms with van der Waals surface area (Å²) < 4.78 is 34.8. The number of hydrogen-bond donors (Lipinski definition) is 0. The van der Waals surface area contributed by atoms with Gasteiger partial charge in [-0.1, -0.05) is 5.16 Å². The highest BCUT2D eigenvalue weighted by Gasteiger charge is 2.35. The number of benzene rings is 2. The molecule has 2 aromatic carbocycles. The molecule has 1 atom stereocenters. The van der Waals surface area contributed by atoms with E-state index in [1.807, 2.05) is 35.9 Å². The van der Waals surface area contributed by atoms with Gasteiger partial charge in [0.25, 0.3) is 0 Å². The van der Waals surface area contributed by atoms with Crippen molar-refractivity contribution in [2.45, 2.75) is 25.8 Å². The summed E-state index contributed by atoms with van der Waals surface area (Å²) in [5, 5.41) is 4.33. The van der Waals surface area contributed by atoms with Gasteiger partial charge in [0.1, 0.15) is 30.0 Å². The van der Waals surface area contributed by atoms with Gasteiger partial charge in [0.2, 0.25) is 0 Å². The Labute approximate surface area is 190 Å². The van der Waals surface area contributed by atoms with Crippen LogP contribution in [0.2, 0.25) is 0 Å². The van der Waals surface area contributed by atoms with Crippen LogP contribution in [0.1, 0.15) is 24.1 Å². The molecule has 1 unspecified atom stereocenters. The zero-order valence-electron chi connectivity index (χ0n) is 18.3. The van der Waals surface area contributed by atoms with Crippen molar-refractivity contribution in [3.63, 3.8) is 0 Å². The van der Waals surface area contributed by atoms with E-state index >= 15 is 0 Å². The van der Waals surface area contributed by atoms with E-state index in [2.05, 4.69) is 20.0 Å². The molecule has 3 heterocycles. The maximum Gasteiger partial charge on any atom is 0.176 e. The molecule has 2 aliphatic rings. The van der Waals surface area contributed by atoms with Gasteiger partial charge in [0.15, 0.2) is 5.84 Å². The first-order chi connectivity index (χ1) is 16.0. The number of piperidine rings is 1. The van der Waals surface area contributed by atoms with Crippen LogP contribution in [-0.4, -0.2) is 52.3 Å². The Bertz CT molecular complexity index is 1230. The fourth-order valence-electron chi connectivity index (χ4n) is 4.30. The molecule has 0 bridgehead atoms. The predicted molar refractivity (Wildman–Crippen MR) is 121 cm³/mol. The predicted octanol–water partition coefficient (Wildman–Crippen LogP) is 4.40. The smallest absolute Gasteiger partial charge is 0.176 e. The number of aliphatic imine (C=N–C) groups is 1. The maximum atomic E-state index is 13.6. The SMILES string of the molecule is COc1cc(C2=NOCC3C(=Nc4cc(F)cc(F)c4)CCCN23)ccc1-n1cnc(C)c1. The van der Waals surface area contributed by atoms with Crippen molar-refractivity contribution in [2.24, 2.45) is 10.1 Å². The van der Waals surface area contributed by atoms with Crippen molar-refractivity contribution in [3.05, 3.63) is 71.8 Å². The third kappa shape index (κ3) is 4.18. The number of fused-ring (bicyclic) bond motifs is 1. The summed E-state index contributed by atoms with van der Waals surface area (Å²) in [6.45, 7) is 3.02. The van der Waals surface area contributed by atoms with E-state index < -0.39 is 11.6 Å². The lowest BCUT2D eigenvalue weighted by atomic mass is 9.97. The van der Waals surface area contributed by atoms with Gasteiger partial charge in [0, 0.05) is 30.1 Å². The molecule has 170 valence electrons. The van der Waals surface area contributed by atoms with Crippen molar-refractivity contribution in [1.29, 1.82) is 0 Å². The molecule has 3 aromatic rings. The quantitative estimate of drug-likeness (QED) is 0.590. The van der Waals surface area contributed by atoms with Crippen LogP contribution in [0.5, 0.6) is 5.75 Å². The topological polar surface area (TPSA) is 64.2 Å². The van der Waals surface area contributed by atoms with Gasteiger partial charge < -0.3 is 19.0 Å². The van der Waals surface area contributed by atoms with Crippen LogP contribution in [0.25, 0.3) is 5.69 Å². The third-order valence-electron chi connectivity index (χ3n) is 5.80. The second-order valence-electron chi connectivity index (χ2n) is 8.06. The molecule has 0 saturated carbocycles. The van der Waals surface area contributed by atoms with Crippen LogP contribution in [0.4, 0.5) is 14.5 Å². The number of ether oxygens (including phenoxy) is 1.